The molecule has 0 radical (unpaired) electrons. The maximum absolute atomic E-state index is 13.6. The van der Waals surface area contributed by atoms with Gasteiger partial charge in [0.1, 0.15) is 12.0 Å². The summed E-state index contributed by atoms with van der Waals surface area (Å²) in [4.78, 5) is 18.4. The fraction of sp³-hybridized carbons (Fsp3) is 0.231. The van der Waals surface area contributed by atoms with Gasteiger partial charge in [-0.1, -0.05) is 24.3 Å². The second-order valence-electron chi connectivity index (χ2n) is 8.38. The van der Waals surface area contributed by atoms with Gasteiger partial charge in [-0.15, -0.1) is 0 Å². The van der Waals surface area contributed by atoms with E-state index in [1.165, 1.54) is 24.7 Å². The highest BCUT2D eigenvalue weighted by molar-refractivity contribution is 5.91. The lowest BCUT2D eigenvalue weighted by molar-refractivity contribution is -0.138. The maximum Gasteiger partial charge on any atom is 0.416 e. The van der Waals surface area contributed by atoms with E-state index < -0.39 is 17.6 Å². The van der Waals surface area contributed by atoms with Crippen LogP contribution >= 0.6 is 0 Å². The Kier molecular flexibility index (Phi) is 6.87. The smallest absolute Gasteiger partial charge is 0.416 e. The number of carbonyl (C=O) groups is 1. The van der Waals surface area contributed by atoms with Crippen LogP contribution in [0.1, 0.15) is 38.8 Å². The molecule has 0 fully saturated rings. The molecule has 8 nitrogen and oxygen atoms in total. The number of oxazole rings is 1. The first-order valence-electron chi connectivity index (χ1n) is 11.4. The number of benzene rings is 2. The number of fused-ring (bicyclic) bond motifs is 1. The third-order valence-electron chi connectivity index (χ3n) is 5.71. The van der Waals surface area contributed by atoms with E-state index in [1.54, 1.807) is 35.2 Å². The second-order valence-corrected chi connectivity index (χ2v) is 8.38. The fourth-order valence-corrected chi connectivity index (χ4v) is 3.99. The van der Waals surface area contributed by atoms with Crippen molar-refractivity contribution in [2.24, 2.45) is 0 Å². The average Bonchev–Trinajstić information content (AvgIpc) is 3.64. The van der Waals surface area contributed by atoms with Crippen LogP contribution < -0.4 is 14.8 Å². The summed E-state index contributed by atoms with van der Waals surface area (Å²) in [6.07, 6.45) is -1.78. The third kappa shape index (κ3) is 5.95. The Labute approximate surface area is 209 Å². The predicted molar refractivity (Wildman–Crippen MR) is 123 cm³/mol. The van der Waals surface area contributed by atoms with Crippen molar-refractivity contribution in [1.82, 2.24) is 15.2 Å². The molecule has 5 rings (SSSR count). The quantitative estimate of drug-likeness (QED) is 0.331. The van der Waals surface area contributed by atoms with Gasteiger partial charge in [0.25, 0.3) is 5.91 Å². The van der Waals surface area contributed by atoms with Gasteiger partial charge in [0.2, 0.25) is 12.7 Å². The van der Waals surface area contributed by atoms with Crippen molar-refractivity contribution >= 4 is 5.91 Å². The number of carbonyl (C=O) groups excluding carboxylic acids is 1. The number of nitrogens with zero attached hydrogens (tertiary/aromatic N) is 2. The van der Waals surface area contributed by atoms with Crippen molar-refractivity contribution in [2.75, 3.05) is 6.79 Å². The Morgan fingerprint density at radius 2 is 1.81 bits per heavy atom. The van der Waals surface area contributed by atoms with Crippen LogP contribution in [0.25, 0.3) is 0 Å². The number of furan rings is 1. The van der Waals surface area contributed by atoms with E-state index in [-0.39, 0.29) is 50.1 Å². The normalized spacial score (nSPS) is 12.8. The molecule has 3 heterocycles. The molecule has 0 saturated carbocycles. The second kappa shape index (κ2) is 10.4. The number of nitrogens with one attached hydrogen (secondary N) is 1. The average molecular weight is 513 g/mol. The first-order valence-corrected chi connectivity index (χ1v) is 11.4. The number of hydrogen-bond donors (Lipinski definition) is 1. The highest BCUT2D eigenvalue weighted by atomic mass is 19.4. The van der Waals surface area contributed by atoms with Gasteiger partial charge in [0.15, 0.2) is 17.2 Å². The van der Waals surface area contributed by atoms with Gasteiger partial charge < -0.3 is 23.6 Å². The Morgan fingerprint density at radius 3 is 2.62 bits per heavy atom. The zero-order chi connectivity index (χ0) is 25.8. The lowest BCUT2D eigenvalue weighted by atomic mass is 10.1. The highest BCUT2D eigenvalue weighted by Gasteiger charge is 2.33. The van der Waals surface area contributed by atoms with Crippen LogP contribution in [0.2, 0.25) is 0 Å². The van der Waals surface area contributed by atoms with E-state index in [9.17, 15) is 18.0 Å². The minimum absolute atomic E-state index is 0.0352. The molecule has 0 spiro atoms. The summed E-state index contributed by atoms with van der Waals surface area (Å²) in [7, 11) is 0. The number of aromatic nitrogens is 1. The van der Waals surface area contributed by atoms with Crippen LogP contribution in [-0.2, 0) is 32.4 Å². The van der Waals surface area contributed by atoms with E-state index in [0.29, 0.717) is 17.3 Å². The van der Waals surface area contributed by atoms with E-state index >= 15 is 0 Å². The molecule has 0 bridgehead atoms. The number of rotatable bonds is 9. The van der Waals surface area contributed by atoms with E-state index in [4.69, 9.17) is 18.3 Å². The molecule has 0 saturated heterocycles. The van der Waals surface area contributed by atoms with Crippen LogP contribution in [0.3, 0.4) is 0 Å². The highest BCUT2D eigenvalue weighted by Crippen LogP contribution is 2.34. The SMILES string of the molecule is O=C(NCc1ccco1)c1coc(CN(Cc2ccc3c(c2)OCO3)Cc2ccccc2C(F)(F)F)n1. The number of hydrogen-bond acceptors (Lipinski definition) is 7. The Bertz CT molecular complexity index is 1370. The monoisotopic (exact) mass is 513 g/mol. The molecule has 37 heavy (non-hydrogen) atoms. The number of halogens is 3. The molecular formula is C26H22F3N3O5. The van der Waals surface area contributed by atoms with Gasteiger partial charge in [-0.25, -0.2) is 4.98 Å². The lowest BCUT2D eigenvalue weighted by Gasteiger charge is -2.23. The van der Waals surface area contributed by atoms with Crippen molar-refractivity contribution in [1.29, 1.82) is 0 Å². The molecule has 0 atom stereocenters. The van der Waals surface area contributed by atoms with Crippen LogP contribution in [0.4, 0.5) is 13.2 Å². The summed E-state index contributed by atoms with van der Waals surface area (Å²) in [6, 6.07) is 14.2. The van der Waals surface area contributed by atoms with E-state index in [1.807, 2.05) is 6.07 Å². The predicted octanol–water partition coefficient (Wildman–Crippen LogP) is 5.15. The van der Waals surface area contributed by atoms with Gasteiger partial charge in [-0.2, -0.15) is 13.2 Å². The molecule has 2 aromatic carbocycles. The van der Waals surface area contributed by atoms with Gasteiger partial charge in [0.05, 0.1) is 24.9 Å². The molecule has 1 aliphatic heterocycles. The first-order chi connectivity index (χ1) is 17.8. The summed E-state index contributed by atoms with van der Waals surface area (Å²) in [5.41, 5.74) is 0.256. The number of amides is 1. The Morgan fingerprint density at radius 1 is 0.973 bits per heavy atom. The number of alkyl halides is 3. The third-order valence-corrected chi connectivity index (χ3v) is 5.71. The number of ether oxygens (including phenoxy) is 2. The fourth-order valence-electron chi connectivity index (χ4n) is 3.99. The van der Waals surface area contributed by atoms with Gasteiger partial charge in [0, 0.05) is 13.1 Å². The molecule has 11 heteroatoms. The molecule has 1 aliphatic rings. The zero-order valence-electron chi connectivity index (χ0n) is 19.5. The lowest BCUT2D eigenvalue weighted by Crippen LogP contribution is -2.25. The van der Waals surface area contributed by atoms with Crippen molar-refractivity contribution in [3.63, 3.8) is 0 Å². The maximum atomic E-state index is 13.6. The van der Waals surface area contributed by atoms with Crippen LogP contribution in [-0.4, -0.2) is 22.6 Å². The Hall–Kier alpha value is -4.25. The summed E-state index contributed by atoms with van der Waals surface area (Å²) in [5, 5.41) is 2.68. The molecule has 192 valence electrons. The summed E-state index contributed by atoms with van der Waals surface area (Å²) < 4.78 is 62.4. The van der Waals surface area contributed by atoms with Gasteiger partial charge in [-0.3, -0.25) is 9.69 Å². The van der Waals surface area contributed by atoms with E-state index in [0.717, 1.165) is 11.6 Å². The molecule has 4 aromatic rings. The van der Waals surface area contributed by atoms with Crippen LogP contribution in [0.5, 0.6) is 11.5 Å². The molecular weight excluding hydrogens is 491 g/mol. The van der Waals surface area contributed by atoms with Gasteiger partial charge >= 0.3 is 6.18 Å². The van der Waals surface area contributed by atoms with Crippen molar-refractivity contribution in [3.05, 3.63) is 101 Å². The minimum Gasteiger partial charge on any atom is -0.467 e. The minimum atomic E-state index is -4.50. The molecule has 0 aliphatic carbocycles. The van der Waals surface area contributed by atoms with Crippen molar-refractivity contribution in [2.45, 2.75) is 32.4 Å². The molecule has 1 amide bonds. The standard InChI is InChI=1S/C26H22F3N3O5/c27-26(28,29)20-6-2-1-4-18(20)13-32(12-17-7-8-22-23(10-17)37-16-36-22)14-24-31-21(15-35-24)25(33)30-11-19-5-3-9-34-19/h1-10,15H,11-14,16H2,(H,30,33). The zero-order valence-corrected chi connectivity index (χ0v) is 19.5. The van der Waals surface area contributed by atoms with Crippen molar-refractivity contribution in [3.8, 4) is 11.5 Å². The molecule has 0 unspecified atom stereocenters. The summed E-state index contributed by atoms with van der Waals surface area (Å²) in [5.74, 6) is 1.48. The molecule has 1 N–H and O–H groups in total. The van der Waals surface area contributed by atoms with Crippen molar-refractivity contribution < 1.29 is 36.3 Å². The summed E-state index contributed by atoms with van der Waals surface area (Å²) >= 11 is 0. The first kappa shape index (κ1) is 24.4. The van der Waals surface area contributed by atoms with Crippen LogP contribution in [0.15, 0.2) is 76.0 Å². The largest absolute Gasteiger partial charge is 0.467 e. The summed E-state index contributed by atoms with van der Waals surface area (Å²) in [6.45, 7) is 0.588. The van der Waals surface area contributed by atoms with Gasteiger partial charge in [-0.05, 0) is 41.5 Å². The van der Waals surface area contributed by atoms with Crippen LogP contribution in [0, 0.1) is 0 Å². The van der Waals surface area contributed by atoms with E-state index in [2.05, 4.69) is 10.3 Å². The Balaban J connectivity index is 1.34. The molecule has 2 aromatic heterocycles. The topological polar surface area (TPSA) is 90.0 Å².